The van der Waals surface area contributed by atoms with Crippen molar-refractivity contribution in [2.75, 3.05) is 13.1 Å². The van der Waals surface area contributed by atoms with Crippen molar-refractivity contribution in [1.82, 2.24) is 4.90 Å². The molecule has 1 nitrogen and oxygen atoms in total. The quantitative estimate of drug-likeness (QED) is 0.580. The molecular weight excluding hydrogens is 146 g/mol. The van der Waals surface area contributed by atoms with Gasteiger partial charge in [0, 0.05) is 6.04 Å². The molecule has 0 aromatic carbocycles. The first-order chi connectivity index (χ1) is 5.86. The molecule has 2 fully saturated rings. The maximum Gasteiger partial charge on any atom is 0.00978 e. The van der Waals surface area contributed by atoms with Crippen LogP contribution >= 0.6 is 0 Å². The van der Waals surface area contributed by atoms with E-state index in [4.69, 9.17) is 0 Å². The molecule has 0 spiro atoms. The maximum absolute atomic E-state index is 2.74. The van der Waals surface area contributed by atoms with E-state index in [2.05, 4.69) is 11.8 Å². The average molecular weight is 167 g/mol. The van der Waals surface area contributed by atoms with Crippen molar-refractivity contribution in [2.24, 2.45) is 5.92 Å². The van der Waals surface area contributed by atoms with Crippen LogP contribution in [0.5, 0.6) is 0 Å². The first-order valence-electron chi connectivity index (χ1n) is 5.60. The van der Waals surface area contributed by atoms with Crippen molar-refractivity contribution in [3.05, 3.63) is 0 Å². The lowest BCUT2D eigenvalue weighted by atomic mass is 10.1. The summed E-state index contributed by atoms with van der Waals surface area (Å²) in [6, 6.07) is 0.959. The summed E-state index contributed by atoms with van der Waals surface area (Å²) in [6.45, 7) is 5.18. The Morgan fingerprint density at radius 2 is 1.75 bits per heavy atom. The first kappa shape index (κ1) is 8.55. The van der Waals surface area contributed by atoms with E-state index < -0.39 is 0 Å². The lowest BCUT2D eigenvalue weighted by molar-refractivity contribution is 0.163. The van der Waals surface area contributed by atoms with Gasteiger partial charge in [0.15, 0.2) is 0 Å². The fourth-order valence-electron chi connectivity index (χ4n) is 2.79. The van der Waals surface area contributed by atoms with Crippen molar-refractivity contribution >= 4 is 0 Å². The molecule has 1 saturated carbocycles. The van der Waals surface area contributed by atoms with Crippen LogP contribution in [0.25, 0.3) is 0 Å². The summed E-state index contributed by atoms with van der Waals surface area (Å²) >= 11 is 0. The third-order valence-electron chi connectivity index (χ3n) is 3.57. The molecule has 0 bridgehead atoms. The molecule has 0 aromatic rings. The number of likely N-dealkylation sites (tertiary alicyclic amines) is 1. The zero-order valence-corrected chi connectivity index (χ0v) is 8.26. The van der Waals surface area contributed by atoms with Gasteiger partial charge in [0.25, 0.3) is 0 Å². The van der Waals surface area contributed by atoms with Gasteiger partial charge in [-0.15, -0.1) is 0 Å². The number of nitrogens with zero attached hydrogens (tertiary/aromatic N) is 1. The van der Waals surface area contributed by atoms with E-state index in [9.17, 15) is 0 Å². The predicted molar refractivity (Wildman–Crippen MR) is 52.2 cm³/mol. The summed E-state index contributed by atoms with van der Waals surface area (Å²) in [5.41, 5.74) is 0. The molecule has 2 atom stereocenters. The average Bonchev–Trinajstić information content (AvgIpc) is 2.54. The van der Waals surface area contributed by atoms with Gasteiger partial charge < -0.3 is 4.90 Å². The van der Waals surface area contributed by atoms with Crippen molar-refractivity contribution < 1.29 is 0 Å². The van der Waals surface area contributed by atoms with Crippen LogP contribution in [0.4, 0.5) is 0 Å². The van der Waals surface area contributed by atoms with Gasteiger partial charge >= 0.3 is 0 Å². The Hall–Kier alpha value is -0.0400. The summed E-state index contributed by atoms with van der Waals surface area (Å²) in [6.07, 6.45) is 8.79. The lowest BCUT2D eigenvalue weighted by Crippen LogP contribution is -2.37. The Bertz CT molecular complexity index is 135. The van der Waals surface area contributed by atoms with E-state index in [-0.39, 0.29) is 0 Å². The molecule has 0 amide bonds. The third kappa shape index (κ3) is 1.82. The van der Waals surface area contributed by atoms with E-state index >= 15 is 0 Å². The van der Waals surface area contributed by atoms with E-state index in [0.29, 0.717) is 0 Å². The number of hydrogen-bond acceptors (Lipinski definition) is 1. The molecule has 2 rings (SSSR count). The van der Waals surface area contributed by atoms with Crippen LogP contribution in [0.15, 0.2) is 0 Å². The number of piperidine rings is 1. The lowest BCUT2D eigenvalue weighted by Gasteiger charge is -2.32. The fraction of sp³-hybridized carbons (Fsp3) is 1.00. The van der Waals surface area contributed by atoms with Crippen LogP contribution in [0.1, 0.15) is 45.4 Å². The first-order valence-corrected chi connectivity index (χ1v) is 5.60. The summed E-state index contributed by atoms with van der Waals surface area (Å²) in [5, 5.41) is 0. The molecule has 1 heteroatoms. The zero-order valence-electron chi connectivity index (χ0n) is 8.26. The van der Waals surface area contributed by atoms with E-state index in [0.717, 1.165) is 12.0 Å². The van der Waals surface area contributed by atoms with E-state index in [1.807, 2.05) is 0 Å². The van der Waals surface area contributed by atoms with Gasteiger partial charge in [0.2, 0.25) is 0 Å². The van der Waals surface area contributed by atoms with Crippen molar-refractivity contribution in [2.45, 2.75) is 51.5 Å². The summed E-state index contributed by atoms with van der Waals surface area (Å²) in [7, 11) is 0. The number of hydrogen-bond donors (Lipinski definition) is 0. The minimum absolute atomic E-state index is 0.959. The van der Waals surface area contributed by atoms with Crippen LogP contribution < -0.4 is 0 Å². The molecule has 2 unspecified atom stereocenters. The largest absolute Gasteiger partial charge is 0.300 e. The minimum atomic E-state index is 0.959. The van der Waals surface area contributed by atoms with Crippen LogP contribution in [-0.4, -0.2) is 24.0 Å². The molecule has 2 aliphatic rings. The van der Waals surface area contributed by atoms with Gasteiger partial charge in [-0.2, -0.15) is 0 Å². The van der Waals surface area contributed by atoms with Crippen LogP contribution in [0, 0.1) is 5.92 Å². The highest BCUT2D eigenvalue weighted by Crippen LogP contribution is 2.30. The standard InChI is InChI=1S/C11H21N/c1-10-5-6-11(9-10)12-7-3-2-4-8-12/h10-11H,2-9H2,1H3. The Kier molecular flexibility index (Phi) is 2.69. The molecular formula is C11H21N. The third-order valence-corrected chi connectivity index (χ3v) is 3.57. The molecule has 0 aromatic heterocycles. The molecule has 1 saturated heterocycles. The van der Waals surface area contributed by atoms with E-state index in [1.165, 1.54) is 51.6 Å². The van der Waals surface area contributed by atoms with Gasteiger partial charge in [-0.3, -0.25) is 0 Å². The molecule has 70 valence electrons. The highest BCUT2D eigenvalue weighted by atomic mass is 15.2. The second-order valence-corrected chi connectivity index (χ2v) is 4.67. The topological polar surface area (TPSA) is 3.24 Å². The van der Waals surface area contributed by atoms with Gasteiger partial charge in [-0.1, -0.05) is 13.3 Å². The van der Waals surface area contributed by atoms with Gasteiger partial charge in [-0.25, -0.2) is 0 Å². The van der Waals surface area contributed by atoms with Crippen LogP contribution in [0.2, 0.25) is 0 Å². The van der Waals surface area contributed by atoms with Crippen molar-refractivity contribution in [3.63, 3.8) is 0 Å². The van der Waals surface area contributed by atoms with E-state index in [1.54, 1.807) is 0 Å². The highest BCUT2D eigenvalue weighted by Gasteiger charge is 2.27. The second-order valence-electron chi connectivity index (χ2n) is 4.67. The number of rotatable bonds is 1. The predicted octanol–water partition coefficient (Wildman–Crippen LogP) is 2.66. The Morgan fingerprint density at radius 3 is 2.33 bits per heavy atom. The fourth-order valence-corrected chi connectivity index (χ4v) is 2.79. The molecule has 0 radical (unpaired) electrons. The van der Waals surface area contributed by atoms with Gasteiger partial charge in [0.1, 0.15) is 0 Å². The smallest absolute Gasteiger partial charge is 0.00978 e. The summed E-state index contributed by atoms with van der Waals surface area (Å²) < 4.78 is 0. The maximum atomic E-state index is 2.74. The highest BCUT2D eigenvalue weighted by molar-refractivity contribution is 4.82. The Labute approximate surface area is 76.1 Å². The molecule has 1 heterocycles. The van der Waals surface area contributed by atoms with Crippen LogP contribution in [-0.2, 0) is 0 Å². The van der Waals surface area contributed by atoms with Gasteiger partial charge in [-0.05, 0) is 51.1 Å². The monoisotopic (exact) mass is 167 g/mol. The van der Waals surface area contributed by atoms with Crippen molar-refractivity contribution in [1.29, 1.82) is 0 Å². The molecule has 1 aliphatic heterocycles. The Morgan fingerprint density at radius 1 is 1.00 bits per heavy atom. The summed E-state index contributed by atoms with van der Waals surface area (Å²) in [5.74, 6) is 0.997. The normalized spacial score (nSPS) is 38.8. The van der Waals surface area contributed by atoms with Gasteiger partial charge in [0.05, 0.1) is 0 Å². The Balaban J connectivity index is 1.83. The summed E-state index contributed by atoms with van der Waals surface area (Å²) in [4.78, 5) is 2.74. The van der Waals surface area contributed by atoms with Crippen molar-refractivity contribution in [3.8, 4) is 0 Å². The second kappa shape index (κ2) is 3.78. The zero-order chi connectivity index (χ0) is 8.39. The molecule has 12 heavy (non-hydrogen) atoms. The minimum Gasteiger partial charge on any atom is -0.300 e. The SMILES string of the molecule is CC1CCC(N2CCCCC2)C1. The molecule has 1 aliphatic carbocycles. The molecule has 0 N–H and O–H groups in total. The van der Waals surface area contributed by atoms with Crippen LogP contribution in [0.3, 0.4) is 0 Å².